The Bertz CT molecular complexity index is 483. The zero-order valence-electron chi connectivity index (χ0n) is 8.54. The van der Waals surface area contributed by atoms with Crippen molar-refractivity contribution in [2.75, 3.05) is 5.73 Å². The van der Waals surface area contributed by atoms with Crippen LogP contribution in [0.3, 0.4) is 0 Å². The molecule has 0 fully saturated rings. The molecule has 1 aromatic heterocycles. The van der Waals surface area contributed by atoms with Crippen LogP contribution in [0.5, 0.6) is 0 Å². The van der Waals surface area contributed by atoms with Crippen molar-refractivity contribution in [3.63, 3.8) is 0 Å². The van der Waals surface area contributed by atoms with Crippen LogP contribution in [0.2, 0.25) is 0 Å². The van der Waals surface area contributed by atoms with E-state index in [4.69, 9.17) is 11.5 Å². The summed E-state index contributed by atoms with van der Waals surface area (Å²) in [5, 5.41) is 0. The summed E-state index contributed by atoms with van der Waals surface area (Å²) in [4.78, 5) is 14.3. The van der Waals surface area contributed by atoms with Gasteiger partial charge in [-0.2, -0.15) is 4.72 Å². The average Bonchev–Trinajstić information content (AvgIpc) is 2.17. The van der Waals surface area contributed by atoms with Gasteiger partial charge in [0.2, 0.25) is 15.9 Å². The van der Waals surface area contributed by atoms with Crippen LogP contribution < -0.4 is 16.2 Å². The third-order valence-electron chi connectivity index (χ3n) is 1.83. The number of nitrogens with zero attached hydrogens (tertiary/aromatic N) is 1. The van der Waals surface area contributed by atoms with Gasteiger partial charge in [-0.05, 0) is 19.1 Å². The van der Waals surface area contributed by atoms with Gasteiger partial charge >= 0.3 is 0 Å². The van der Waals surface area contributed by atoms with Crippen molar-refractivity contribution in [2.24, 2.45) is 5.73 Å². The Labute approximate surface area is 92.9 Å². The summed E-state index contributed by atoms with van der Waals surface area (Å²) in [6.45, 7) is 1.35. The van der Waals surface area contributed by atoms with E-state index < -0.39 is 22.0 Å². The molecule has 0 radical (unpaired) electrons. The van der Waals surface area contributed by atoms with Gasteiger partial charge in [0.25, 0.3) is 0 Å². The summed E-state index contributed by atoms with van der Waals surface area (Å²) >= 11 is 0. The summed E-state index contributed by atoms with van der Waals surface area (Å²) in [5.74, 6) is -0.547. The number of hydrogen-bond acceptors (Lipinski definition) is 5. The molecule has 0 spiro atoms. The number of aromatic nitrogens is 1. The normalized spacial score (nSPS) is 13.3. The molecule has 0 bridgehead atoms. The summed E-state index contributed by atoms with van der Waals surface area (Å²) in [6.07, 6.45) is 1.10. The van der Waals surface area contributed by atoms with Crippen LogP contribution >= 0.6 is 0 Å². The number of primary amides is 1. The molecule has 1 aromatic rings. The summed E-state index contributed by atoms with van der Waals surface area (Å²) in [5.41, 5.74) is 10.3. The number of anilines is 1. The molecule has 0 saturated heterocycles. The number of carbonyl (C=O) groups is 1. The Hall–Kier alpha value is -1.67. The topological polar surface area (TPSA) is 128 Å². The van der Waals surface area contributed by atoms with Crippen LogP contribution in [0.15, 0.2) is 23.2 Å². The molecule has 7 nitrogen and oxygen atoms in total. The molecule has 8 heteroatoms. The lowest BCUT2D eigenvalue weighted by Crippen LogP contribution is -2.42. The zero-order valence-corrected chi connectivity index (χ0v) is 9.36. The van der Waals surface area contributed by atoms with Gasteiger partial charge in [0.15, 0.2) is 0 Å². The van der Waals surface area contributed by atoms with E-state index in [1.165, 1.54) is 19.1 Å². The molecule has 0 aliphatic heterocycles. The van der Waals surface area contributed by atoms with Crippen LogP contribution in [0, 0.1) is 0 Å². The lowest BCUT2D eigenvalue weighted by molar-refractivity contribution is -0.119. The van der Waals surface area contributed by atoms with Gasteiger partial charge in [-0.1, -0.05) is 0 Å². The van der Waals surface area contributed by atoms with Crippen LogP contribution in [0.4, 0.5) is 5.82 Å². The van der Waals surface area contributed by atoms with Crippen molar-refractivity contribution >= 4 is 21.7 Å². The third kappa shape index (κ3) is 2.91. The first-order valence-electron chi connectivity index (χ1n) is 4.36. The van der Waals surface area contributed by atoms with E-state index >= 15 is 0 Å². The first-order chi connectivity index (χ1) is 7.33. The number of rotatable bonds is 4. The highest BCUT2D eigenvalue weighted by Crippen LogP contribution is 2.08. The smallest absolute Gasteiger partial charge is 0.242 e. The predicted octanol–water partition coefficient (Wildman–Crippen LogP) is -1.18. The first kappa shape index (κ1) is 12.4. The van der Waals surface area contributed by atoms with Crippen LogP contribution in [0.25, 0.3) is 0 Å². The van der Waals surface area contributed by atoms with Gasteiger partial charge in [-0.15, -0.1) is 0 Å². The fraction of sp³-hybridized carbons (Fsp3) is 0.250. The Morgan fingerprint density at radius 1 is 1.50 bits per heavy atom. The van der Waals surface area contributed by atoms with E-state index in [0.717, 1.165) is 6.20 Å². The van der Waals surface area contributed by atoms with Crippen molar-refractivity contribution in [1.29, 1.82) is 0 Å². The summed E-state index contributed by atoms with van der Waals surface area (Å²) in [7, 11) is -3.79. The zero-order chi connectivity index (χ0) is 12.3. The van der Waals surface area contributed by atoms with Gasteiger partial charge in [0, 0.05) is 6.20 Å². The van der Waals surface area contributed by atoms with Crippen LogP contribution in [-0.4, -0.2) is 25.4 Å². The molecular weight excluding hydrogens is 232 g/mol. The molecule has 1 amide bonds. The van der Waals surface area contributed by atoms with E-state index in [-0.39, 0.29) is 10.7 Å². The highest BCUT2D eigenvalue weighted by molar-refractivity contribution is 7.89. The fourth-order valence-corrected chi connectivity index (χ4v) is 2.07. The number of nitrogens with one attached hydrogen (secondary N) is 1. The molecule has 0 aromatic carbocycles. The van der Waals surface area contributed by atoms with E-state index in [1.54, 1.807) is 0 Å². The fourth-order valence-electron chi connectivity index (χ4n) is 0.910. The first-order valence-corrected chi connectivity index (χ1v) is 5.84. The second-order valence-corrected chi connectivity index (χ2v) is 4.88. The summed E-state index contributed by atoms with van der Waals surface area (Å²) in [6, 6.07) is 1.66. The Balaban J connectivity index is 2.94. The van der Waals surface area contributed by atoms with E-state index in [2.05, 4.69) is 9.71 Å². The lowest BCUT2D eigenvalue weighted by atomic mass is 10.4. The van der Waals surface area contributed by atoms with E-state index in [1.807, 2.05) is 0 Å². The highest BCUT2D eigenvalue weighted by atomic mass is 32.2. The van der Waals surface area contributed by atoms with Gasteiger partial charge < -0.3 is 11.5 Å². The van der Waals surface area contributed by atoms with E-state index in [0.29, 0.717) is 0 Å². The molecule has 1 atom stereocenters. The van der Waals surface area contributed by atoms with Crippen LogP contribution in [-0.2, 0) is 14.8 Å². The number of sulfonamides is 1. The van der Waals surface area contributed by atoms with Gasteiger partial charge in [-0.25, -0.2) is 13.4 Å². The Kier molecular flexibility index (Phi) is 3.45. The molecule has 1 rings (SSSR count). The molecule has 1 unspecified atom stereocenters. The van der Waals surface area contributed by atoms with Crippen LogP contribution in [0.1, 0.15) is 6.92 Å². The maximum atomic E-state index is 11.7. The van der Waals surface area contributed by atoms with Gasteiger partial charge in [-0.3, -0.25) is 4.79 Å². The maximum Gasteiger partial charge on any atom is 0.242 e. The lowest BCUT2D eigenvalue weighted by Gasteiger charge is -2.10. The molecule has 0 saturated carbocycles. The van der Waals surface area contributed by atoms with Crippen molar-refractivity contribution in [1.82, 2.24) is 9.71 Å². The van der Waals surface area contributed by atoms with Crippen molar-refractivity contribution in [2.45, 2.75) is 17.9 Å². The number of carbonyl (C=O) groups excluding carboxylic acids is 1. The molecule has 5 N–H and O–H groups in total. The van der Waals surface area contributed by atoms with Gasteiger partial charge in [0.05, 0.1) is 6.04 Å². The standard InChI is InChI=1S/C8H12N4O3S/c1-5(8(10)13)12-16(14,15)6-2-3-7(9)11-4-6/h2-5,12H,1H3,(H2,9,11)(H2,10,13). The van der Waals surface area contributed by atoms with Gasteiger partial charge in [0.1, 0.15) is 10.7 Å². The third-order valence-corrected chi connectivity index (χ3v) is 3.35. The number of nitrogens with two attached hydrogens (primary N) is 2. The summed E-state index contributed by atoms with van der Waals surface area (Å²) < 4.78 is 25.4. The predicted molar refractivity (Wildman–Crippen MR) is 57.6 cm³/mol. The van der Waals surface area contributed by atoms with Crippen molar-refractivity contribution in [3.8, 4) is 0 Å². The monoisotopic (exact) mass is 244 g/mol. The minimum absolute atomic E-state index is 0.0743. The quantitative estimate of drug-likeness (QED) is 0.613. The van der Waals surface area contributed by atoms with E-state index in [9.17, 15) is 13.2 Å². The molecule has 0 aliphatic rings. The number of nitrogen functional groups attached to an aromatic ring is 1. The average molecular weight is 244 g/mol. The SMILES string of the molecule is CC(NS(=O)(=O)c1ccc(N)nc1)C(N)=O. The number of amides is 1. The molecule has 0 aliphatic carbocycles. The second-order valence-electron chi connectivity index (χ2n) is 3.16. The van der Waals surface area contributed by atoms with Crippen molar-refractivity contribution < 1.29 is 13.2 Å². The Morgan fingerprint density at radius 3 is 2.56 bits per heavy atom. The Morgan fingerprint density at radius 2 is 2.12 bits per heavy atom. The minimum Gasteiger partial charge on any atom is -0.384 e. The minimum atomic E-state index is -3.79. The highest BCUT2D eigenvalue weighted by Gasteiger charge is 2.20. The molecular formula is C8H12N4O3S. The molecule has 88 valence electrons. The second kappa shape index (κ2) is 4.45. The van der Waals surface area contributed by atoms with Crippen molar-refractivity contribution in [3.05, 3.63) is 18.3 Å². The number of hydrogen-bond donors (Lipinski definition) is 3. The molecule has 16 heavy (non-hydrogen) atoms. The number of pyridine rings is 1. The largest absolute Gasteiger partial charge is 0.384 e. The maximum absolute atomic E-state index is 11.7. The molecule has 1 heterocycles.